The molecule has 178 valence electrons. The maximum atomic E-state index is 12.9. The van der Waals surface area contributed by atoms with E-state index in [0.717, 1.165) is 5.75 Å². The summed E-state index contributed by atoms with van der Waals surface area (Å²) in [7, 11) is 0. The first-order valence-electron chi connectivity index (χ1n) is 10.9. The monoisotopic (exact) mass is 465 g/mol. The number of esters is 2. The Balaban J connectivity index is 1.73. The van der Waals surface area contributed by atoms with Gasteiger partial charge in [0.15, 0.2) is 6.61 Å². The van der Waals surface area contributed by atoms with Crippen molar-refractivity contribution in [1.82, 2.24) is 9.97 Å². The number of carbonyl (C=O) groups is 3. The van der Waals surface area contributed by atoms with Crippen molar-refractivity contribution < 1.29 is 28.6 Å². The average Bonchev–Trinajstić information content (AvgIpc) is 3.13. The van der Waals surface area contributed by atoms with Crippen LogP contribution in [0.1, 0.15) is 56.3 Å². The fourth-order valence-electron chi connectivity index (χ4n) is 3.48. The number of aromatic nitrogens is 2. The van der Waals surface area contributed by atoms with Gasteiger partial charge in [-0.1, -0.05) is 0 Å². The molecule has 2 N–H and O–H groups in total. The van der Waals surface area contributed by atoms with E-state index in [4.69, 9.17) is 14.2 Å². The number of hydrogen-bond acceptors (Lipinski definition) is 8. The Bertz CT molecular complexity index is 1180. The first-order valence-corrected chi connectivity index (χ1v) is 10.9. The number of anilines is 2. The second-order valence-corrected chi connectivity index (χ2v) is 7.33. The zero-order valence-corrected chi connectivity index (χ0v) is 19.6. The number of aromatic amines is 1. The third-order valence-corrected chi connectivity index (χ3v) is 4.92. The number of aryl methyl sites for hydroxylation is 2. The third-order valence-electron chi connectivity index (χ3n) is 4.92. The molecule has 0 saturated heterocycles. The third kappa shape index (κ3) is 5.61. The second kappa shape index (κ2) is 11.1. The van der Waals surface area contributed by atoms with Crippen molar-refractivity contribution >= 4 is 29.2 Å². The molecule has 0 saturated carbocycles. The van der Waals surface area contributed by atoms with Crippen molar-refractivity contribution in [3.63, 3.8) is 0 Å². The van der Waals surface area contributed by atoms with E-state index in [-0.39, 0.29) is 29.1 Å². The van der Waals surface area contributed by atoms with Gasteiger partial charge < -0.3 is 24.5 Å². The van der Waals surface area contributed by atoms with Gasteiger partial charge in [0.2, 0.25) is 5.78 Å². The highest BCUT2D eigenvalue weighted by Crippen LogP contribution is 2.23. The molecule has 0 spiro atoms. The number of rotatable bonds is 10. The Kier molecular flexibility index (Phi) is 8.02. The molecule has 1 aromatic carbocycles. The van der Waals surface area contributed by atoms with Crippen LogP contribution >= 0.6 is 0 Å². The summed E-state index contributed by atoms with van der Waals surface area (Å²) < 4.78 is 15.8. The zero-order chi connectivity index (χ0) is 24.7. The summed E-state index contributed by atoms with van der Waals surface area (Å²) in [5.74, 6) is -0.830. The lowest BCUT2D eigenvalue weighted by Crippen LogP contribution is -2.19. The van der Waals surface area contributed by atoms with E-state index in [2.05, 4.69) is 15.3 Å². The molecule has 9 heteroatoms. The van der Waals surface area contributed by atoms with Gasteiger partial charge in [-0.2, -0.15) is 0 Å². The van der Waals surface area contributed by atoms with Crippen molar-refractivity contribution in [3.05, 3.63) is 70.7 Å². The van der Waals surface area contributed by atoms with Gasteiger partial charge in [0.05, 0.1) is 24.3 Å². The van der Waals surface area contributed by atoms with Crippen LogP contribution in [0.2, 0.25) is 0 Å². The van der Waals surface area contributed by atoms with E-state index < -0.39 is 24.3 Å². The van der Waals surface area contributed by atoms with Crippen molar-refractivity contribution in [3.8, 4) is 5.75 Å². The van der Waals surface area contributed by atoms with Crippen molar-refractivity contribution in [2.24, 2.45) is 0 Å². The van der Waals surface area contributed by atoms with Crippen LogP contribution in [0.3, 0.4) is 0 Å². The SMILES string of the molecule is CCOC(=O)c1c(C)[nH]c(C)c1C(=O)COC(=O)c1cccnc1Nc1ccc(OCC)cc1. The molecule has 3 rings (SSSR count). The lowest BCUT2D eigenvalue weighted by Gasteiger charge is -2.11. The molecule has 3 aromatic rings. The Morgan fingerprint density at radius 1 is 0.912 bits per heavy atom. The molecular weight excluding hydrogens is 438 g/mol. The summed E-state index contributed by atoms with van der Waals surface area (Å²) >= 11 is 0. The van der Waals surface area contributed by atoms with Crippen LogP contribution in [-0.2, 0) is 9.47 Å². The Hall–Kier alpha value is -4.14. The number of Topliss-reactive ketones (excluding diaryl/α,β-unsaturated/α-hetero) is 1. The molecule has 9 nitrogen and oxygen atoms in total. The van der Waals surface area contributed by atoms with E-state index in [0.29, 0.717) is 23.7 Å². The molecular formula is C25H27N3O6. The first-order chi connectivity index (χ1) is 16.3. The van der Waals surface area contributed by atoms with E-state index in [1.165, 1.54) is 6.20 Å². The number of benzene rings is 1. The molecule has 0 radical (unpaired) electrons. The fraction of sp³-hybridized carbons (Fsp3) is 0.280. The fourth-order valence-corrected chi connectivity index (χ4v) is 3.48. The molecule has 0 fully saturated rings. The first kappa shape index (κ1) is 24.5. The molecule has 34 heavy (non-hydrogen) atoms. The van der Waals surface area contributed by atoms with Gasteiger partial charge in [-0.15, -0.1) is 0 Å². The number of H-pyrrole nitrogens is 1. The lowest BCUT2D eigenvalue weighted by atomic mass is 10.1. The smallest absolute Gasteiger partial charge is 0.342 e. The van der Waals surface area contributed by atoms with Gasteiger partial charge in [0, 0.05) is 23.3 Å². The van der Waals surface area contributed by atoms with Gasteiger partial charge in [-0.05, 0) is 64.1 Å². The summed E-state index contributed by atoms with van der Waals surface area (Å²) in [4.78, 5) is 45.1. The van der Waals surface area contributed by atoms with Gasteiger partial charge in [0.1, 0.15) is 17.1 Å². The highest BCUT2D eigenvalue weighted by atomic mass is 16.5. The number of nitrogens with one attached hydrogen (secondary N) is 2. The Morgan fingerprint density at radius 2 is 1.62 bits per heavy atom. The van der Waals surface area contributed by atoms with Crippen LogP contribution in [-0.4, -0.2) is 47.5 Å². The number of ether oxygens (including phenoxy) is 3. The summed E-state index contributed by atoms with van der Waals surface area (Å²) in [5, 5.41) is 3.07. The van der Waals surface area contributed by atoms with E-state index in [9.17, 15) is 14.4 Å². The lowest BCUT2D eigenvalue weighted by molar-refractivity contribution is 0.0472. The summed E-state index contributed by atoms with van der Waals surface area (Å²) in [5.41, 5.74) is 2.18. The standard InChI is InChI=1S/C25H27N3O6/c1-5-32-18-11-9-17(10-12-18)28-23-19(8-7-13-26-23)24(30)34-14-20(29)21-15(3)27-16(4)22(21)25(31)33-6-2/h7-13,27H,5-6,14H2,1-4H3,(H,26,28). The molecule has 0 bridgehead atoms. The maximum absolute atomic E-state index is 12.9. The number of pyridine rings is 1. The topological polar surface area (TPSA) is 120 Å². The second-order valence-electron chi connectivity index (χ2n) is 7.33. The normalized spacial score (nSPS) is 10.5. The van der Waals surface area contributed by atoms with Crippen LogP contribution in [0.25, 0.3) is 0 Å². The predicted molar refractivity (Wildman–Crippen MR) is 126 cm³/mol. The summed E-state index contributed by atoms with van der Waals surface area (Å²) in [6.45, 7) is 7.13. The average molecular weight is 466 g/mol. The van der Waals surface area contributed by atoms with Crippen LogP contribution in [0.15, 0.2) is 42.6 Å². The largest absolute Gasteiger partial charge is 0.494 e. The van der Waals surface area contributed by atoms with Crippen LogP contribution in [0.5, 0.6) is 5.75 Å². The molecule has 0 unspecified atom stereocenters. The Morgan fingerprint density at radius 3 is 2.29 bits per heavy atom. The quantitative estimate of drug-likeness (QED) is 0.334. The minimum absolute atomic E-state index is 0.152. The van der Waals surface area contributed by atoms with Crippen molar-refractivity contribution in [2.45, 2.75) is 27.7 Å². The zero-order valence-electron chi connectivity index (χ0n) is 19.6. The minimum Gasteiger partial charge on any atom is -0.494 e. The van der Waals surface area contributed by atoms with E-state index in [1.807, 2.05) is 6.92 Å². The summed E-state index contributed by atoms with van der Waals surface area (Å²) in [6.07, 6.45) is 1.54. The number of ketones is 1. The van der Waals surface area contributed by atoms with E-state index >= 15 is 0 Å². The highest BCUT2D eigenvalue weighted by Gasteiger charge is 2.26. The van der Waals surface area contributed by atoms with Crippen LogP contribution < -0.4 is 10.1 Å². The van der Waals surface area contributed by atoms with Gasteiger partial charge in [0.25, 0.3) is 0 Å². The molecule has 0 amide bonds. The number of carbonyl (C=O) groups excluding carboxylic acids is 3. The van der Waals surface area contributed by atoms with Crippen LogP contribution in [0, 0.1) is 13.8 Å². The molecule has 0 aliphatic rings. The molecule has 2 heterocycles. The Labute approximate surface area is 197 Å². The minimum atomic E-state index is -0.725. The molecule has 0 aliphatic carbocycles. The predicted octanol–water partition coefficient (Wildman–Crippen LogP) is 4.39. The van der Waals surface area contributed by atoms with Crippen molar-refractivity contribution in [1.29, 1.82) is 0 Å². The molecule has 0 atom stereocenters. The number of hydrogen-bond donors (Lipinski definition) is 2. The summed E-state index contributed by atoms with van der Waals surface area (Å²) in [6, 6.07) is 10.3. The van der Waals surface area contributed by atoms with Gasteiger partial charge >= 0.3 is 11.9 Å². The van der Waals surface area contributed by atoms with Gasteiger partial charge in [-0.3, -0.25) is 4.79 Å². The van der Waals surface area contributed by atoms with Gasteiger partial charge in [-0.25, -0.2) is 14.6 Å². The van der Waals surface area contributed by atoms with Crippen LogP contribution in [0.4, 0.5) is 11.5 Å². The highest BCUT2D eigenvalue weighted by molar-refractivity contribution is 6.09. The van der Waals surface area contributed by atoms with E-state index in [1.54, 1.807) is 57.2 Å². The maximum Gasteiger partial charge on any atom is 0.342 e. The molecule has 2 aromatic heterocycles. The molecule has 0 aliphatic heterocycles. The number of nitrogens with zero attached hydrogens (tertiary/aromatic N) is 1. The van der Waals surface area contributed by atoms with Crippen molar-refractivity contribution in [2.75, 3.05) is 25.1 Å².